The standard InChI is InChI=1S/C23H21N5O2S/c1-15-6-5-8-18(12-15)24-22(30)17-10-11-20-26-27-23(28(20)13-17)31-14-21(29)25-19-9-4-3-7-16(19)2/h3-13H,14H2,1-2H3,(H,24,30)(H,25,29). The van der Waals surface area contributed by atoms with Crippen molar-refractivity contribution in [3.05, 3.63) is 83.6 Å². The molecule has 0 aliphatic carbocycles. The summed E-state index contributed by atoms with van der Waals surface area (Å²) in [5, 5.41) is 14.6. The topological polar surface area (TPSA) is 88.4 Å². The van der Waals surface area contributed by atoms with Gasteiger partial charge in [0.25, 0.3) is 5.91 Å². The second-order valence-corrected chi connectivity index (χ2v) is 8.05. The van der Waals surface area contributed by atoms with Gasteiger partial charge in [0.15, 0.2) is 10.8 Å². The van der Waals surface area contributed by atoms with E-state index in [1.165, 1.54) is 11.8 Å². The number of para-hydroxylation sites is 1. The van der Waals surface area contributed by atoms with Crippen molar-refractivity contribution in [2.45, 2.75) is 19.0 Å². The van der Waals surface area contributed by atoms with Crippen LogP contribution in [-0.4, -0.2) is 32.2 Å². The van der Waals surface area contributed by atoms with Crippen LogP contribution in [-0.2, 0) is 4.79 Å². The second kappa shape index (κ2) is 9.01. The van der Waals surface area contributed by atoms with Gasteiger partial charge in [-0.3, -0.25) is 14.0 Å². The Morgan fingerprint density at radius 2 is 1.81 bits per heavy atom. The van der Waals surface area contributed by atoms with Crippen molar-refractivity contribution in [3.63, 3.8) is 0 Å². The van der Waals surface area contributed by atoms with Crippen LogP contribution in [0.4, 0.5) is 11.4 Å². The number of fused-ring (bicyclic) bond motifs is 1. The molecule has 2 aromatic heterocycles. The molecule has 0 aliphatic rings. The monoisotopic (exact) mass is 431 g/mol. The van der Waals surface area contributed by atoms with E-state index in [9.17, 15) is 9.59 Å². The molecule has 0 atom stereocenters. The first kappa shape index (κ1) is 20.6. The van der Waals surface area contributed by atoms with Gasteiger partial charge in [0, 0.05) is 17.6 Å². The minimum atomic E-state index is -0.227. The Kier molecular flexibility index (Phi) is 5.99. The van der Waals surface area contributed by atoms with Crippen molar-refractivity contribution in [3.8, 4) is 0 Å². The quantitative estimate of drug-likeness (QED) is 0.444. The summed E-state index contributed by atoms with van der Waals surface area (Å²) < 4.78 is 1.72. The molecule has 156 valence electrons. The van der Waals surface area contributed by atoms with Crippen LogP contribution in [0.25, 0.3) is 5.65 Å². The molecule has 31 heavy (non-hydrogen) atoms. The number of rotatable bonds is 6. The van der Waals surface area contributed by atoms with Gasteiger partial charge in [-0.15, -0.1) is 10.2 Å². The molecule has 8 heteroatoms. The lowest BCUT2D eigenvalue weighted by Crippen LogP contribution is -2.15. The molecule has 7 nitrogen and oxygen atoms in total. The number of amides is 2. The molecule has 2 aromatic carbocycles. The molecule has 0 saturated heterocycles. The number of anilines is 2. The molecule has 0 saturated carbocycles. The highest BCUT2D eigenvalue weighted by Crippen LogP contribution is 2.20. The Bertz CT molecular complexity index is 1270. The van der Waals surface area contributed by atoms with Crippen molar-refractivity contribution in [1.82, 2.24) is 14.6 Å². The zero-order valence-corrected chi connectivity index (χ0v) is 17.9. The molecule has 2 N–H and O–H groups in total. The summed E-state index contributed by atoms with van der Waals surface area (Å²) in [5.41, 5.74) is 4.66. The van der Waals surface area contributed by atoms with Crippen molar-refractivity contribution in [2.75, 3.05) is 16.4 Å². The molecule has 0 unspecified atom stereocenters. The van der Waals surface area contributed by atoms with Crippen LogP contribution in [0.3, 0.4) is 0 Å². The highest BCUT2D eigenvalue weighted by atomic mass is 32.2. The van der Waals surface area contributed by atoms with Gasteiger partial charge in [-0.05, 0) is 55.3 Å². The summed E-state index contributed by atoms with van der Waals surface area (Å²) in [4.78, 5) is 25.0. The average Bonchev–Trinajstić information content (AvgIpc) is 3.16. The van der Waals surface area contributed by atoms with E-state index < -0.39 is 0 Å². The number of hydrogen-bond donors (Lipinski definition) is 2. The van der Waals surface area contributed by atoms with Gasteiger partial charge >= 0.3 is 0 Å². The zero-order chi connectivity index (χ0) is 21.8. The van der Waals surface area contributed by atoms with Gasteiger partial charge in [0.05, 0.1) is 11.3 Å². The van der Waals surface area contributed by atoms with Crippen LogP contribution in [0.5, 0.6) is 0 Å². The Balaban J connectivity index is 1.46. The second-order valence-electron chi connectivity index (χ2n) is 7.10. The van der Waals surface area contributed by atoms with E-state index >= 15 is 0 Å². The minimum absolute atomic E-state index is 0.135. The molecular weight excluding hydrogens is 410 g/mol. The Hall–Kier alpha value is -3.65. The summed E-state index contributed by atoms with van der Waals surface area (Å²) in [6, 6.07) is 18.7. The van der Waals surface area contributed by atoms with Crippen molar-refractivity contribution in [1.29, 1.82) is 0 Å². The maximum atomic E-state index is 12.7. The van der Waals surface area contributed by atoms with E-state index in [0.717, 1.165) is 22.5 Å². The number of pyridine rings is 1. The maximum Gasteiger partial charge on any atom is 0.257 e. The van der Waals surface area contributed by atoms with Gasteiger partial charge in [-0.25, -0.2) is 0 Å². The van der Waals surface area contributed by atoms with E-state index in [1.54, 1.807) is 22.7 Å². The lowest BCUT2D eigenvalue weighted by molar-refractivity contribution is -0.113. The summed E-state index contributed by atoms with van der Waals surface area (Å²) in [6.07, 6.45) is 1.68. The molecule has 0 fully saturated rings. The van der Waals surface area contributed by atoms with Crippen LogP contribution in [0.15, 0.2) is 72.0 Å². The van der Waals surface area contributed by atoms with Crippen LogP contribution < -0.4 is 10.6 Å². The van der Waals surface area contributed by atoms with Gasteiger partial charge < -0.3 is 10.6 Å². The van der Waals surface area contributed by atoms with Crippen molar-refractivity contribution in [2.24, 2.45) is 0 Å². The summed E-state index contributed by atoms with van der Waals surface area (Å²) >= 11 is 1.26. The summed E-state index contributed by atoms with van der Waals surface area (Å²) in [5.74, 6) is -0.187. The zero-order valence-electron chi connectivity index (χ0n) is 17.1. The summed E-state index contributed by atoms with van der Waals surface area (Å²) in [6.45, 7) is 3.91. The van der Waals surface area contributed by atoms with E-state index in [0.29, 0.717) is 16.4 Å². The van der Waals surface area contributed by atoms with Gasteiger partial charge in [0.1, 0.15) is 0 Å². The van der Waals surface area contributed by atoms with Crippen molar-refractivity contribution >= 4 is 40.6 Å². The number of aromatic nitrogens is 3. The third kappa shape index (κ3) is 4.92. The third-order valence-electron chi connectivity index (χ3n) is 4.66. The minimum Gasteiger partial charge on any atom is -0.325 e. The molecule has 0 radical (unpaired) electrons. The maximum absolute atomic E-state index is 12.7. The van der Waals surface area contributed by atoms with Crippen molar-refractivity contribution < 1.29 is 9.59 Å². The van der Waals surface area contributed by atoms with Gasteiger partial charge in [-0.1, -0.05) is 42.1 Å². The van der Waals surface area contributed by atoms with Crippen LogP contribution >= 0.6 is 11.8 Å². The molecular formula is C23H21N5O2S. The fraction of sp³-hybridized carbons (Fsp3) is 0.130. The number of nitrogens with zero attached hydrogens (tertiary/aromatic N) is 3. The highest BCUT2D eigenvalue weighted by Gasteiger charge is 2.13. The Morgan fingerprint density at radius 3 is 2.61 bits per heavy atom. The van der Waals surface area contributed by atoms with E-state index in [-0.39, 0.29) is 17.6 Å². The smallest absolute Gasteiger partial charge is 0.257 e. The number of nitrogens with one attached hydrogen (secondary N) is 2. The predicted molar refractivity (Wildman–Crippen MR) is 123 cm³/mol. The number of carbonyl (C=O) groups is 2. The van der Waals surface area contributed by atoms with Crippen LogP contribution in [0.2, 0.25) is 0 Å². The van der Waals surface area contributed by atoms with E-state index in [4.69, 9.17) is 0 Å². The molecule has 2 amide bonds. The van der Waals surface area contributed by atoms with Crippen LogP contribution in [0, 0.1) is 13.8 Å². The fourth-order valence-electron chi connectivity index (χ4n) is 3.06. The molecule has 2 heterocycles. The first-order chi connectivity index (χ1) is 15.0. The van der Waals surface area contributed by atoms with Gasteiger partial charge in [0.2, 0.25) is 5.91 Å². The van der Waals surface area contributed by atoms with E-state index in [1.807, 2.05) is 62.4 Å². The Morgan fingerprint density at radius 1 is 0.968 bits per heavy atom. The largest absolute Gasteiger partial charge is 0.325 e. The molecule has 4 aromatic rings. The summed E-state index contributed by atoms with van der Waals surface area (Å²) in [7, 11) is 0. The third-order valence-corrected chi connectivity index (χ3v) is 5.60. The number of carbonyl (C=O) groups excluding carboxylic acids is 2. The fourth-order valence-corrected chi connectivity index (χ4v) is 3.77. The lowest BCUT2D eigenvalue weighted by Gasteiger charge is -2.08. The predicted octanol–water partition coefficient (Wildman–Crippen LogP) is 4.33. The first-order valence-corrected chi connectivity index (χ1v) is 10.7. The SMILES string of the molecule is Cc1cccc(NC(=O)c2ccc3nnc(SCC(=O)Nc4ccccc4C)n3c2)c1. The number of aryl methyl sites for hydroxylation is 2. The highest BCUT2D eigenvalue weighted by molar-refractivity contribution is 7.99. The average molecular weight is 432 g/mol. The molecule has 0 bridgehead atoms. The lowest BCUT2D eigenvalue weighted by atomic mass is 10.2. The molecule has 0 spiro atoms. The number of hydrogen-bond acceptors (Lipinski definition) is 5. The molecule has 0 aliphatic heterocycles. The normalized spacial score (nSPS) is 10.8. The Labute approximate surface area is 183 Å². The molecule has 4 rings (SSSR count). The first-order valence-electron chi connectivity index (χ1n) is 9.71. The number of thioether (sulfide) groups is 1. The van der Waals surface area contributed by atoms with Crippen LogP contribution in [0.1, 0.15) is 21.5 Å². The number of benzene rings is 2. The van der Waals surface area contributed by atoms with E-state index in [2.05, 4.69) is 20.8 Å². The van der Waals surface area contributed by atoms with Gasteiger partial charge in [-0.2, -0.15) is 0 Å².